The highest BCUT2D eigenvalue weighted by molar-refractivity contribution is 7.09. The number of pyridine rings is 1. The van der Waals surface area contributed by atoms with Gasteiger partial charge in [0.2, 0.25) is 5.91 Å². The molecule has 1 aromatic carbocycles. The van der Waals surface area contributed by atoms with Crippen molar-refractivity contribution in [3.05, 3.63) is 64.5 Å². The van der Waals surface area contributed by atoms with Crippen LogP contribution in [-0.2, 0) is 16.1 Å². The Morgan fingerprint density at radius 2 is 2.18 bits per heavy atom. The number of amides is 2. The summed E-state index contributed by atoms with van der Waals surface area (Å²) < 4.78 is 18.7. The Kier molecular flexibility index (Phi) is 7.29. The predicted octanol–water partition coefficient (Wildman–Crippen LogP) is 3.59. The lowest BCUT2D eigenvalue weighted by atomic mass is 9.97. The number of carbonyl (C=O) groups excluding carboxylic acids is 2. The standard InChI is InChI=1S/C24H25FN4O3S/c1-16-7-8-17(11-26-16)21-15-33-22(28-21)12-27-24(31)18-4-3-9-29(13-18)23(30)14-32-20-6-2-5-19(25)10-20/h2,5-8,10-11,15,18H,3-4,9,12-14H2,1H3,(H,27,31)/t18-/m0/s1. The number of thiazole rings is 1. The smallest absolute Gasteiger partial charge is 0.260 e. The number of halogens is 1. The van der Waals surface area contributed by atoms with E-state index >= 15 is 0 Å². The second-order valence-electron chi connectivity index (χ2n) is 7.96. The molecule has 0 radical (unpaired) electrons. The van der Waals surface area contributed by atoms with E-state index in [1.807, 2.05) is 24.4 Å². The average molecular weight is 469 g/mol. The molecule has 9 heteroatoms. The number of benzene rings is 1. The molecule has 1 saturated heterocycles. The molecule has 172 valence electrons. The van der Waals surface area contributed by atoms with Gasteiger partial charge in [-0.25, -0.2) is 9.37 Å². The van der Waals surface area contributed by atoms with E-state index in [9.17, 15) is 14.0 Å². The molecule has 1 aliphatic heterocycles. The second kappa shape index (κ2) is 10.5. The summed E-state index contributed by atoms with van der Waals surface area (Å²) in [6.45, 7) is 3.01. The Bertz CT molecular complexity index is 1120. The number of piperidine rings is 1. The van der Waals surface area contributed by atoms with Crippen LogP contribution < -0.4 is 10.1 Å². The molecular weight excluding hydrogens is 443 g/mol. The maximum absolute atomic E-state index is 13.3. The van der Waals surface area contributed by atoms with Crippen LogP contribution in [0.15, 0.2) is 48.0 Å². The molecule has 3 heterocycles. The van der Waals surface area contributed by atoms with E-state index in [4.69, 9.17) is 4.74 Å². The van der Waals surface area contributed by atoms with Crippen LogP contribution in [0.25, 0.3) is 11.3 Å². The Morgan fingerprint density at radius 3 is 2.97 bits per heavy atom. The normalized spacial score (nSPS) is 15.8. The van der Waals surface area contributed by atoms with Crippen LogP contribution in [0.3, 0.4) is 0 Å². The highest BCUT2D eigenvalue weighted by atomic mass is 32.1. The van der Waals surface area contributed by atoms with Crippen LogP contribution in [0.1, 0.15) is 23.5 Å². The summed E-state index contributed by atoms with van der Waals surface area (Å²) in [6.07, 6.45) is 3.25. The van der Waals surface area contributed by atoms with Crippen LogP contribution in [0.4, 0.5) is 4.39 Å². The summed E-state index contributed by atoms with van der Waals surface area (Å²) in [6, 6.07) is 9.59. The van der Waals surface area contributed by atoms with Gasteiger partial charge < -0.3 is 15.0 Å². The van der Waals surface area contributed by atoms with E-state index < -0.39 is 5.82 Å². The third-order valence-corrected chi connectivity index (χ3v) is 6.32. The lowest BCUT2D eigenvalue weighted by Gasteiger charge is -2.32. The zero-order chi connectivity index (χ0) is 23.2. The first kappa shape index (κ1) is 22.8. The van der Waals surface area contributed by atoms with E-state index in [1.54, 1.807) is 17.2 Å². The predicted molar refractivity (Wildman–Crippen MR) is 123 cm³/mol. The van der Waals surface area contributed by atoms with Crippen LogP contribution in [-0.4, -0.2) is 46.4 Å². The maximum Gasteiger partial charge on any atom is 0.260 e. The van der Waals surface area contributed by atoms with Gasteiger partial charge in [0, 0.05) is 42.0 Å². The number of hydrogen-bond acceptors (Lipinski definition) is 6. The minimum absolute atomic E-state index is 0.0905. The minimum atomic E-state index is -0.419. The third kappa shape index (κ3) is 6.13. The molecule has 0 saturated carbocycles. The Morgan fingerprint density at radius 1 is 1.30 bits per heavy atom. The van der Waals surface area contributed by atoms with Gasteiger partial charge in [-0.3, -0.25) is 14.6 Å². The topological polar surface area (TPSA) is 84.4 Å². The van der Waals surface area contributed by atoms with Crippen LogP contribution in [0.5, 0.6) is 5.75 Å². The van der Waals surface area contributed by atoms with Crippen molar-refractivity contribution in [3.8, 4) is 17.0 Å². The number of aryl methyl sites for hydroxylation is 1. The van der Waals surface area contributed by atoms with Crippen molar-refractivity contribution in [2.24, 2.45) is 5.92 Å². The van der Waals surface area contributed by atoms with Crippen molar-refractivity contribution in [1.29, 1.82) is 0 Å². The average Bonchev–Trinajstić information content (AvgIpc) is 3.30. The van der Waals surface area contributed by atoms with E-state index in [1.165, 1.54) is 29.5 Å². The van der Waals surface area contributed by atoms with Gasteiger partial charge in [0.1, 0.15) is 16.6 Å². The van der Waals surface area contributed by atoms with Gasteiger partial charge in [-0.1, -0.05) is 6.07 Å². The first-order valence-electron chi connectivity index (χ1n) is 10.8. The Hall–Kier alpha value is -3.33. The maximum atomic E-state index is 13.3. The highest BCUT2D eigenvalue weighted by Gasteiger charge is 2.28. The summed E-state index contributed by atoms with van der Waals surface area (Å²) >= 11 is 1.49. The molecule has 1 N–H and O–H groups in total. The van der Waals surface area contributed by atoms with Crippen molar-refractivity contribution in [1.82, 2.24) is 20.2 Å². The molecule has 2 aromatic heterocycles. The van der Waals surface area contributed by atoms with Gasteiger partial charge in [-0.05, 0) is 44.0 Å². The van der Waals surface area contributed by atoms with Gasteiger partial charge in [0.15, 0.2) is 6.61 Å². The van der Waals surface area contributed by atoms with E-state index in [2.05, 4.69) is 15.3 Å². The summed E-state index contributed by atoms with van der Waals surface area (Å²) in [4.78, 5) is 35.8. The van der Waals surface area contributed by atoms with Crippen LogP contribution in [0.2, 0.25) is 0 Å². The van der Waals surface area contributed by atoms with Gasteiger partial charge in [0.05, 0.1) is 18.2 Å². The number of carbonyl (C=O) groups is 2. The monoisotopic (exact) mass is 468 g/mol. The first-order chi connectivity index (χ1) is 16.0. The van der Waals surface area contributed by atoms with Gasteiger partial charge in [-0.15, -0.1) is 11.3 Å². The Balaban J connectivity index is 1.26. The number of hydrogen-bond donors (Lipinski definition) is 1. The first-order valence-corrected chi connectivity index (χ1v) is 11.7. The fourth-order valence-electron chi connectivity index (χ4n) is 3.66. The fourth-order valence-corrected chi connectivity index (χ4v) is 4.40. The molecule has 0 aliphatic carbocycles. The largest absolute Gasteiger partial charge is 0.484 e. The number of nitrogens with one attached hydrogen (secondary N) is 1. The second-order valence-corrected chi connectivity index (χ2v) is 8.90. The molecule has 4 rings (SSSR count). The van der Waals surface area contributed by atoms with Gasteiger partial charge in [-0.2, -0.15) is 0 Å². The van der Waals surface area contributed by atoms with Crippen molar-refractivity contribution < 1.29 is 18.7 Å². The number of rotatable bonds is 7. The SMILES string of the molecule is Cc1ccc(-c2csc(CNC(=O)[C@H]3CCCN(C(=O)COc4cccc(F)c4)C3)n2)cn1. The molecule has 1 fully saturated rings. The molecule has 2 amide bonds. The lowest BCUT2D eigenvalue weighted by Crippen LogP contribution is -2.46. The Labute approximate surface area is 195 Å². The van der Waals surface area contributed by atoms with E-state index in [0.29, 0.717) is 25.4 Å². The van der Waals surface area contributed by atoms with Crippen LogP contribution in [0, 0.1) is 18.7 Å². The lowest BCUT2D eigenvalue weighted by molar-refractivity contribution is -0.137. The van der Waals surface area contributed by atoms with Crippen molar-refractivity contribution in [2.75, 3.05) is 19.7 Å². The summed E-state index contributed by atoms with van der Waals surface area (Å²) in [5.41, 5.74) is 2.72. The summed E-state index contributed by atoms with van der Waals surface area (Å²) in [5, 5.41) is 5.71. The van der Waals surface area contributed by atoms with Gasteiger partial charge in [0.25, 0.3) is 5.91 Å². The zero-order valence-corrected chi connectivity index (χ0v) is 19.1. The van der Waals surface area contributed by atoms with E-state index in [0.717, 1.165) is 34.8 Å². The molecular formula is C24H25FN4O3S. The quantitative estimate of drug-likeness (QED) is 0.573. The molecule has 3 aromatic rings. The van der Waals surface area contributed by atoms with Gasteiger partial charge >= 0.3 is 0 Å². The number of aromatic nitrogens is 2. The molecule has 33 heavy (non-hydrogen) atoms. The molecule has 1 atom stereocenters. The molecule has 1 aliphatic rings. The highest BCUT2D eigenvalue weighted by Crippen LogP contribution is 2.22. The van der Waals surface area contributed by atoms with Crippen molar-refractivity contribution in [2.45, 2.75) is 26.3 Å². The fraction of sp³-hybridized carbons (Fsp3) is 0.333. The molecule has 0 bridgehead atoms. The van der Waals surface area contributed by atoms with E-state index in [-0.39, 0.29) is 24.3 Å². The molecule has 0 spiro atoms. The van der Waals surface area contributed by atoms with Crippen LogP contribution >= 0.6 is 11.3 Å². The summed E-state index contributed by atoms with van der Waals surface area (Å²) in [7, 11) is 0. The number of ether oxygens (including phenoxy) is 1. The summed E-state index contributed by atoms with van der Waals surface area (Å²) in [5.74, 6) is -0.700. The van der Waals surface area contributed by atoms with Crippen molar-refractivity contribution in [3.63, 3.8) is 0 Å². The van der Waals surface area contributed by atoms with Crippen molar-refractivity contribution >= 4 is 23.2 Å². The molecule has 7 nitrogen and oxygen atoms in total. The molecule has 0 unspecified atom stereocenters. The minimum Gasteiger partial charge on any atom is -0.484 e. The number of likely N-dealkylation sites (tertiary alicyclic amines) is 1. The third-order valence-electron chi connectivity index (χ3n) is 5.48. The number of nitrogens with zero attached hydrogens (tertiary/aromatic N) is 3. The zero-order valence-electron chi connectivity index (χ0n) is 18.3.